The smallest absolute Gasteiger partial charge is 0.127 e. The van der Waals surface area contributed by atoms with Crippen LogP contribution in [0.15, 0.2) is 28.7 Å². The molecule has 0 aromatic heterocycles. The third-order valence-corrected chi connectivity index (χ3v) is 5.08. The normalized spacial score (nSPS) is 25.9. The second-order valence-electron chi connectivity index (χ2n) is 5.49. The highest BCUT2D eigenvalue weighted by molar-refractivity contribution is 9.10. The summed E-state index contributed by atoms with van der Waals surface area (Å²) >= 11 is 3.65. The van der Waals surface area contributed by atoms with E-state index in [1.165, 1.54) is 42.6 Å². The quantitative estimate of drug-likeness (QED) is 0.802. The summed E-state index contributed by atoms with van der Waals surface area (Å²) in [5.41, 5.74) is 1.44. The number of quaternary nitrogens is 2. The molecule has 2 rings (SSSR count). The lowest BCUT2D eigenvalue weighted by Crippen LogP contribution is -3.29. The van der Waals surface area contributed by atoms with Gasteiger partial charge in [-0.05, 0) is 19.4 Å². The third-order valence-electron chi connectivity index (χ3n) is 4.31. The summed E-state index contributed by atoms with van der Waals surface area (Å²) in [5.74, 6) is 0. The van der Waals surface area contributed by atoms with Crippen molar-refractivity contribution in [2.24, 2.45) is 0 Å². The Hall–Kier alpha value is -0.380. The van der Waals surface area contributed by atoms with Crippen LogP contribution < -0.4 is 9.80 Å². The van der Waals surface area contributed by atoms with Gasteiger partial charge in [0, 0.05) is 10.0 Å². The summed E-state index contributed by atoms with van der Waals surface area (Å²) in [6.07, 6.45) is 1.30. The molecule has 1 aliphatic rings. The van der Waals surface area contributed by atoms with E-state index in [4.69, 9.17) is 0 Å². The molecule has 1 saturated heterocycles. The molecule has 1 atom stereocenters. The van der Waals surface area contributed by atoms with E-state index in [9.17, 15) is 0 Å². The fourth-order valence-electron chi connectivity index (χ4n) is 2.79. The van der Waals surface area contributed by atoms with Gasteiger partial charge >= 0.3 is 0 Å². The molecule has 1 aromatic rings. The monoisotopic (exact) mass is 312 g/mol. The van der Waals surface area contributed by atoms with Gasteiger partial charge in [-0.3, -0.25) is 0 Å². The molecule has 0 amide bonds. The van der Waals surface area contributed by atoms with Crippen LogP contribution in [0.25, 0.3) is 0 Å². The molecule has 0 saturated carbocycles. The SMILES string of the molecule is CC[C@H](C)[NH+]1CC[NH+](Cc2ccccc2Br)CC1. The van der Waals surface area contributed by atoms with E-state index in [1.807, 2.05) is 0 Å². The fraction of sp³-hybridized carbons (Fsp3) is 0.600. The molecule has 3 heteroatoms. The van der Waals surface area contributed by atoms with Crippen LogP contribution in [0.2, 0.25) is 0 Å². The Morgan fingerprint density at radius 2 is 1.83 bits per heavy atom. The number of piperazine rings is 1. The molecular formula is C15H25BrN2+2. The molecule has 0 radical (unpaired) electrons. The zero-order valence-corrected chi connectivity index (χ0v) is 13.1. The molecule has 1 aromatic carbocycles. The molecule has 2 nitrogen and oxygen atoms in total. The first kappa shape index (κ1) is 14.0. The molecular weight excluding hydrogens is 288 g/mol. The highest BCUT2D eigenvalue weighted by Crippen LogP contribution is 2.14. The van der Waals surface area contributed by atoms with Crippen LogP contribution in [-0.4, -0.2) is 32.2 Å². The minimum Gasteiger partial charge on any atom is -0.323 e. The van der Waals surface area contributed by atoms with Gasteiger partial charge in [0.2, 0.25) is 0 Å². The summed E-state index contributed by atoms with van der Waals surface area (Å²) < 4.78 is 1.26. The summed E-state index contributed by atoms with van der Waals surface area (Å²) in [5, 5.41) is 0. The molecule has 2 N–H and O–H groups in total. The number of rotatable bonds is 4. The summed E-state index contributed by atoms with van der Waals surface area (Å²) in [6, 6.07) is 9.45. The number of benzene rings is 1. The first-order chi connectivity index (χ1) is 8.70. The number of hydrogen-bond acceptors (Lipinski definition) is 0. The number of hydrogen-bond donors (Lipinski definition) is 2. The zero-order valence-electron chi connectivity index (χ0n) is 11.5. The fourth-order valence-corrected chi connectivity index (χ4v) is 3.22. The van der Waals surface area contributed by atoms with Crippen molar-refractivity contribution in [3.8, 4) is 0 Å². The van der Waals surface area contributed by atoms with Crippen molar-refractivity contribution in [3.05, 3.63) is 34.3 Å². The van der Waals surface area contributed by atoms with Crippen molar-refractivity contribution < 1.29 is 9.80 Å². The zero-order chi connectivity index (χ0) is 13.0. The van der Waals surface area contributed by atoms with E-state index in [2.05, 4.69) is 54.0 Å². The van der Waals surface area contributed by atoms with Crippen LogP contribution in [0.1, 0.15) is 25.8 Å². The van der Waals surface area contributed by atoms with E-state index < -0.39 is 0 Å². The topological polar surface area (TPSA) is 8.88 Å². The lowest BCUT2D eigenvalue weighted by Gasteiger charge is -2.33. The first-order valence-corrected chi connectivity index (χ1v) is 7.91. The molecule has 1 fully saturated rings. The van der Waals surface area contributed by atoms with E-state index in [0.29, 0.717) is 0 Å². The Kier molecular flexibility index (Phi) is 5.22. The Balaban J connectivity index is 1.86. The average Bonchev–Trinajstić information content (AvgIpc) is 2.41. The lowest BCUT2D eigenvalue weighted by atomic mass is 10.1. The van der Waals surface area contributed by atoms with Crippen LogP contribution in [0, 0.1) is 0 Å². The van der Waals surface area contributed by atoms with Crippen LogP contribution in [0.3, 0.4) is 0 Å². The molecule has 0 spiro atoms. The number of halogens is 1. The standard InChI is InChI=1S/C15H23BrN2/c1-3-13(2)18-10-8-17(9-11-18)12-14-6-4-5-7-15(14)16/h4-7,13H,3,8-12H2,1-2H3/p+2/t13-/m0/s1. The maximum Gasteiger partial charge on any atom is 0.127 e. The van der Waals surface area contributed by atoms with Gasteiger partial charge in [0.25, 0.3) is 0 Å². The maximum atomic E-state index is 3.65. The van der Waals surface area contributed by atoms with E-state index in [-0.39, 0.29) is 0 Å². The summed E-state index contributed by atoms with van der Waals surface area (Å²) in [4.78, 5) is 3.53. The van der Waals surface area contributed by atoms with Gasteiger partial charge in [-0.2, -0.15) is 0 Å². The van der Waals surface area contributed by atoms with Crippen molar-refractivity contribution in [1.29, 1.82) is 0 Å². The molecule has 0 aliphatic carbocycles. The van der Waals surface area contributed by atoms with Gasteiger partial charge < -0.3 is 9.80 Å². The number of nitrogens with one attached hydrogen (secondary N) is 2. The second-order valence-corrected chi connectivity index (χ2v) is 6.34. The Bertz CT molecular complexity index is 373. The molecule has 0 bridgehead atoms. The highest BCUT2D eigenvalue weighted by atomic mass is 79.9. The van der Waals surface area contributed by atoms with Crippen molar-refractivity contribution in [2.75, 3.05) is 26.2 Å². The van der Waals surface area contributed by atoms with Crippen molar-refractivity contribution in [1.82, 2.24) is 0 Å². The molecule has 0 unspecified atom stereocenters. The van der Waals surface area contributed by atoms with Crippen molar-refractivity contribution in [3.63, 3.8) is 0 Å². The Morgan fingerprint density at radius 3 is 2.44 bits per heavy atom. The minimum atomic E-state index is 0.829. The van der Waals surface area contributed by atoms with E-state index in [0.717, 1.165) is 12.6 Å². The Labute approximate surface area is 119 Å². The van der Waals surface area contributed by atoms with E-state index in [1.54, 1.807) is 9.80 Å². The largest absolute Gasteiger partial charge is 0.323 e. The van der Waals surface area contributed by atoms with Crippen LogP contribution in [0.5, 0.6) is 0 Å². The first-order valence-electron chi connectivity index (χ1n) is 7.12. The van der Waals surface area contributed by atoms with Gasteiger partial charge in [0.15, 0.2) is 0 Å². The molecule has 1 heterocycles. The highest BCUT2D eigenvalue weighted by Gasteiger charge is 2.26. The maximum absolute atomic E-state index is 3.65. The molecule has 18 heavy (non-hydrogen) atoms. The van der Waals surface area contributed by atoms with Crippen LogP contribution in [-0.2, 0) is 6.54 Å². The van der Waals surface area contributed by atoms with Crippen molar-refractivity contribution in [2.45, 2.75) is 32.9 Å². The van der Waals surface area contributed by atoms with Gasteiger partial charge in [0.1, 0.15) is 32.7 Å². The minimum absolute atomic E-state index is 0.829. The molecule has 1 aliphatic heterocycles. The molecule has 100 valence electrons. The van der Waals surface area contributed by atoms with E-state index >= 15 is 0 Å². The predicted molar refractivity (Wildman–Crippen MR) is 79.0 cm³/mol. The van der Waals surface area contributed by atoms with Gasteiger partial charge in [-0.1, -0.05) is 41.1 Å². The lowest BCUT2D eigenvalue weighted by molar-refractivity contribution is -1.03. The van der Waals surface area contributed by atoms with Gasteiger partial charge in [0.05, 0.1) is 6.04 Å². The predicted octanol–water partition coefficient (Wildman–Crippen LogP) is 0.531. The average molecular weight is 313 g/mol. The Morgan fingerprint density at radius 1 is 1.17 bits per heavy atom. The van der Waals surface area contributed by atoms with Gasteiger partial charge in [-0.15, -0.1) is 0 Å². The van der Waals surface area contributed by atoms with Crippen LogP contribution >= 0.6 is 15.9 Å². The van der Waals surface area contributed by atoms with Crippen LogP contribution in [0.4, 0.5) is 0 Å². The third kappa shape index (κ3) is 3.56. The van der Waals surface area contributed by atoms with Gasteiger partial charge in [-0.25, -0.2) is 0 Å². The second kappa shape index (κ2) is 6.69. The summed E-state index contributed by atoms with van der Waals surface area (Å²) in [7, 11) is 0. The van der Waals surface area contributed by atoms with Crippen molar-refractivity contribution >= 4 is 15.9 Å². The summed E-state index contributed by atoms with van der Waals surface area (Å²) in [6.45, 7) is 11.1.